The number of hydrogen-bond donors (Lipinski definition) is 1. The summed E-state index contributed by atoms with van der Waals surface area (Å²) in [6.07, 6.45) is 5.53. The number of hydrogen-bond acceptors (Lipinski definition) is 2. The van der Waals surface area contributed by atoms with Crippen molar-refractivity contribution in [3.05, 3.63) is 41.5 Å². The number of rotatable bonds is 4. The predicted octanol–water partition coefficient (Wildman–Crippen LogP) is 3.28. The first-order chi connectivity index (χ1) is 9.13. The van der Waals surface area contributed by atoms with E-state index in [2.05, 4.69) is 62.5 Å². The monoisotopic (exact) mass is 259 g/mol. The van der Waals surface area contributed by atoms with Gasteiger partial charge < -0.3 is 10.1 Å². The summed E-state index contributed by atoms with van der Waals surface area (Å²) >= 11 is 0. The van der Waals surface area contributed by atoms with Crippen LogP contribution in [0.1, 0.15) is 31.9 Å². The first-order valence-electron chi connectivity index (χ1n) is 7.24. The van der Waals surface area contributed by atoms with Crippen molar-refractivity contribution < 1.29 is 4.74 Å². The zero-order chi connectivity index (χ0) is 13.7. The molecule has 104 valence electrons. The first kappa shape index (κ1) is 14.3. The Kier molecular flexibility index (Phi) is 5.17. The third kappa shape index (κ3) is 4.81. The smallest absolute Gasteiger partial charge is 0.0656 e. The molecule has 2 rings (SSSR count). The molecule has 2 heteroatoms. The molecule has 2 atom stereocenters. The van der Waals surface area contributed by atoms with Crippen LogP contribution in [0.15, 0.2) is 30.3 Å². The predicted molar refractivity (Wildman–Crippen MR) is 81.2 cm³/mol. The van der Waals surface area contributed by atoms with E-state index in [-0.39, 0.29) is 0 Å². The van der Waals surface area contributed by atoms with Crippen LogP contribution in [0.4, 0.5) is 0 Å². The largest absolute Gasteiger partial charge is 0.378 e. The summed E-state index contributed by atoms with van der Waals surface area (Å²) in [5, 5.41) is 3.51. The Morgan fingerprint density at radius 2 is 2.00 bits per heavy atom. The fourth-order valence-corrected chi connectivity index (χ4v) is 2.41. The van der Waals surface area contributed by atoms with Gasteiger partial charge in [0, 0.05) is 12.1 Å². The Hall–Kier alpha value is -1.12. The van der Waals surface area contributed by atoms with Gasteiger partial charge in [0.15, 0.2) is 0 Å². The van der Waals surface area contributed by atoms with Crippen molar-refractivity contribution in [2.24, 2.45) is 5.92 Å². The lowest BCUT2D eigenvalue weighted by atomic mass is 10.0. The zero-order valence-corrected chi connectivity index (χ0v) is 12.2. The van der Waals surface area contributed by atoms with Gasteiger partial charge in [-0.3, -0.25) is 0 Å². The van der Waals surface area contributed by atoms with E-state index in [1.54, 1.807) is 0 Å². The van der Waals surface area contributed by atoms with Gasteiger partial charge in [-0.25, -0.2) is 0 Å². The molecule has 0 spiro atoms. The van der Waals surface area contributed by atoms with Gasteiger partial charge in [0.2, 0.25) is 0 Å². The van der Waals surface area contributed by atoms with Gasteiger partial charge in [-0.1, -0.05) is 50.3 Å². The topological polar surface area (TPSA) is 21.3 Å². The highest BCUT2D eigenvalue weighted by molar-refractivity contribution is 5.50. The van der Waals surface area contributed by atoms with Crippen LogP contribution in [-0.2, 0) is 11.2 Å². The van der Waals surface area contributed by atoms with Crippen LogP contribution in [0.2, 0.25) is 0 Å². The molecule has 2 unspecified atom stereocenters. The van der Waals surface area contributed by atoms with E-state index in [9.17, 15) is 0 Å². The van der Waals surface area contributed by atoms with Gasteiger partial charge in [-0.05, 0) is 30.4 Å². The molecule has 2 nitrogen and oxygen atoms in total. The highest BCUT2D eigenvalue weighted by Gasteiger charge is 2.15. The number of ether oxygens (including phenoxy) is 1. The van der Waals surface area contributed by atoms with Gasteiger partial charge in [0.05, 0.1) is 13.2 Å². The van der Waals surface area contributed by atoms with E-state index in [4.69, 9.17) is 4.74 Å². The molecular formula is C17H25NO. The molecule has 1 aliphatic rings. The lowest BCUT2D eigenvalue weighted by Gasteiger charge is -2.26. The minimum absolute atomic E-state index is 0.332. The van der Waals surface area contributed by atoms with Crippen molar-refractivity contribution in [1.29, 1.82) is 0 Å². The van der Waals surface area contributed by atoms with Gasteiger partial charge >= 0.3 is 0 Å². The van der Waals surface area contributed by atoms with E-state index < -0.39 is 0 Å². The van der Waals surface area contributed by atoms with Gasteiger partial charge in [-0.15, -0.1) is 0 Å². The first-order valence-corrected chi connectivity index (χ1v) is 7.24. The average molecular weight is 259 g/mol. The van der Waals surface area contributed by atoms with E-state index in [1.807, 2.05) is 0 Å². The molecule has 0 saturated carbocycles. The van der Waals surface area contributed by atoms with E-state index >= 15 is 0 Å². The molecule has 0 aliphatic carbocycles. The molecule has 1 aromatic rings. The lowest BCUT2D eigenvalue weighted by Crippen LogP contribution is -2.46. The average Bonchev–Trinajstić information content (AvgIpc) is 2.37. The Morgan fingerprint density at radius 1 is 1.26 bits per heavy atom. The Labute approximate surface area is 116 Å². The summed E-state index contributed by atoms with van der Waals surface area (Å²) < 4.78 is 5.53. The third-order valence-corrected chi connectivity index (χ3v) is 3.31. The number of nitrogens with one attached hydrogen (secondary N) is 1. The van der Waals surface area contributed by atoms with Crippen molar-refractivity contribution in [3.8, 4) is 0 Å². The van der Waals surface area contributed by atoms with Gasteiger partial charge in [0.25, 0.3) is 0 Å². The summed E-state index contributed by atoms with van der Waals surface area (Å²) in [5.74, 6) is 0.714. The fraction of sp³-hybridized carbons (Fsp3) is 0.529. The molecule has 0 amide bonds. The summed E-state index contributed by atoms with van der Waals surface area (Å²) in [7, 11) is 0. The highest BCUT2D eigenvalue weighted by Crippen LogP contribution is 2.11. The number of benzene rings is 1. The highest BCUT2D eigenvalue weighted by atomic mass is 16.5. The minimum atomic E-state index is 0.332. The minimum Gasteiger partial charge on any atom is -0.378 e. The third-order valence-electron chi connectivity index (χ3n) is 3.31. The Morgan fingerprint density at radius 3 is 2.63 bits per heavy atom. The number of morpholine rings is 1. The van der Waals surface area contributed by atoms with E-state index in [0.717, 1.165) is 19.6 Å². The van der Waals surface area contributed by atoms with Crippen molar-refractivity contribution in [1.82, 2.24) is 5.32 Å². The molecule has 1 fully saturated rings. The second-order valence-corrected chi connectivity index (χ2v) is 5.91. The molecular weight excluding hydrogens is 234 g/mol. The molecule has 19 heavy (non-hydrogen) atoms. The van der Waals surface area contributed by atoms with Crippen LogP contribution in [0.5, 0.6) is 0 Å². The van der Waals surface area contributed by atoms with Crippen molar-refractivity contribution in [3.63, 3.8) is 0 Å². The molecule has 1 N–H and O–H groups in total. The summed E-state index contributed by atoms with van der Waals surface area (Å²) in [5.41, 5.74) is 2.67. The van der Waals surface area contributed by atoms with E-state index in [0.29, 0.717) is 18.0 Å². The Balaban J connectivity index is 1.91. The van der Waals surface area contributed by atoms with Crippen LogP contribution in [0.3, 0.4) is 0 Å². The van der Waals surface area contributed by atoms with Gasteiger partial charge in [-0.2, -0.15) is 0 Å². The molecule has 1 aliphatic heterocycles. The SMILES string of the molecule is CC(C)Cc1ccc(/C=C/C2COCC(C)N2)cc1. The van der Waals surface area contributed by atoms with Crippen molar-refractivity contribution >= 4 is 6.08 Å². The summed E-state index contributed by atoms with van der Waals surface area (Å²) in [6.45, 7) is 8.24. The quantitative estimate of drug-likeness (QED) is 0.896. The maximum absolute atomic E-state index is 5.53. The zero-order valence-electron chi connectivity index (χ0n) is 12.2. The summed E-state index contributed by atoms with van der Waals surface area (Å²) in [4.78, 5) is 0. The molecule has 0 radical (unpaired) electrons. The second kappa shape index (κ2) is 6.88. The molecule has 1 saturated heterocycles. The van der Waals surface area contributed by atoms with Crippen LogP contribution < -0.4 is 5.32 Å². The molecule has 1 heterocycles. The van der Waals surface area contributed by atoms with Gasteiger partial charge in [0.1, 0.15) is 0 Å². The van der Waals surface area contributed by atoms with E-state index in [1.165, 1.54) is 11.1 Å². The van der Waals surface area contributed by atoms with Crippen LogP contribution >= 0.6 is 0 Å². The molecule has 0 aromatic heterocycles. The van der Waals surface area contributed by atoms with Crippen molar-refractivity contribution in [2.45, 2.75) is 39.3 Å². The second-order valence-electron chi connectivity index (χ2n) is 5.91. The normalized spacial score (nSPS) is 24.2. The van der Waals surface area contributed by atoms with Crippen molar-refractivity contribution in [2.75, 3.05) is 13.2 Å². The standard InChI is InChI=1S/C17H25NO/c1-13(2)10-16-6-4-15(5-7-16)8-9-17-12-19-11-14(3)18-17/h4-9,13-14,17-18H,10-12H2,1-3H3/b9-8+. The summed E-state index contributed by atoms with van der Waals surface area (Å²) in [6, 6.07) is 9.62. The van der Waals surface area contributed by atoms with Crippen LogP contribution in [-0.4, -0.2) is 25.3 Å². The fourth-order valence-electron chi connectivity index (χ4n) is 2.41. The lowest BCUT2D eigenvalue weighted by molar-refractivity contribution is 0.0637. The Bertz CT molecular complexity index is 408. The van der Waals surface area contributed by atoms with Crippen LogP contribution in [0, 0.1) is 5.92 Å². The molecule has 0 bridgehead atoms. The molecule has 1 aromatic carbocycles. The maximum atomic E-state index is 5.53. The maximum Gasteiger partial charge on any atom is 0.0656 e. The van der Waals surface area contributed by atoms with Crippen LogP contribution in [0.25, 0.3) is 6.08 Å².